The topological polar surface area (TPSA) is 26.3 Å². The summed E-state index contributed by atoms with van der Waals surface area (Å²) in [5.74, 6) is 0. The molecule has 2 heterocycles. The molecule has 0 atom stereocenters. The van der Waals surface area contributed by atoms with E-state index in [0.29, 0.717) is 0 Å². The zero-order valence-corrected chi connectivity index (χ0v) is 30.1. The Hall–Kier alpha value is -7.42. The molecule has 0 N–H and O–H groups in total. The van der Waals surface area contributed by atoms with Gasteiger partial charge in [0, 0.05) is 27.1 Å². The molecular weight excluding hydrogens is 681 g/mol. The lowest BCUT2D eigenvalue weighted by molar-refractivity contribution is 0.669. The van der Waals surface area contributed by atoms with Gasteiger partial charge in [-0.2, -0.15) is 0 Å². The number of para-hydroxylation sites is 1. The molecule has 2 heteroatoms. The molecule has 0 radical (unpaired) electrons. The molecule has 13 rings (SSSR count). The average Bonchev–Trinajstić information content (AvgIpc) is 3.82. The Bertz CT molecular complexity index is 3750. The third kappa shape index (κ3) is 4.10. The highest BCUT2D eigenvalue weighted by Crippen LogP contribution is 2.47. The van der Waals surface area contributed by atoms with Crippen LogP contribution in [0.15, 0.2) is 191 Å². The molecule has 0 aliphatic heterocycles. The van der Waals surface area contributed by atoms with E-state index in [1.54, 1.807) is 0 Å². The number of benzene rings is 11. The summed E-state index contributed by atoms with van der Waals surface area (Å²) in [6.45, 7) is 0. The number of fused-ring (bicyclic) bond motifs is 8. The molecule has 0 amide bonds. The van der Waals surface area contributed by atoms with Crippen LogP contribution in [0.5, 0.6) is 0 Å². The van der Waals surface area contributed by atoms with E-state index in [-0.39, 0.29) is 0 Å². The van der Waals surface area contributed by atoms with Crippen molar-refractivity contribution < 1.29 is 8.83 Å². The molecule has 0 unspecified atom stereocenters. The van der Waals surface area contributed by atoms with Gasteiger partial charge < -0.3 is 8.83 Å². The first-order valence-electron chi connectivity index (χ1n) is 19.2. The molecule has 56 heavy (non-hydrogen) atoms. The van der Waals surface area contributed by atoms with E-state index in [2.05, 4.69) is 176 Å². The predicted molar refractivity (Wildman–Crippen MR) is 236 cm³/mol. The minimum absolute atomic E-state index is 0.895. The van der Waals surface area contributed by atoms with Gasteiger partial charge in [-0.25, -0.2) is 0 Å². The maximum absolute atomic E-state index is 6.96. The highest BCUT2D eigenvalue weighted by atomic mass is 16.3. The van der Waals surface area contributed by atoms with Crippen molar-refractivity contribution in [1.82, 2.24) is 0 Å². The van der Waals surface area contributed by atoms with Gasteiger partial charge in [-0.3, -0.25) is 0 Å². The summed E-state index contributed by atoms with van der Waals surface area (Å²) in [4.78, 5) is 0. The smallest absolute Gasteiger partial charge is 0.143 e. The van der Waals surface area contributed by atoms with Gasteiger partial charge in [0.05, 0.1) is 0 Å². The fraction of sp³-hybridized carbons (Fsp3) is 0. The Morgan fingerprint density at radius 2 is 0.857 bits per heavy atom. The molecule has 13 aromatic rings. The summed E-state index contributed by atoms with van der Waals surface area (Å²) in [6.07, 6.45) is 0. The molecule has 2 aromatic heterocycles. The van der Waals surface area contributed by atoms with Crippen LogP contribution < -0.4 is 0 Å². The summed E-state index contributed by atoms with van der Waals surface area (Å²) in [7, 11) is 0. The average molecular weight is 711 g/mol. The molecule has 11 aromatic carbocycles. The monoisotopic (exact) mass is 710 g/mol. The summed E-state index contributed by atoms with van der Waals surface area (Å²) in [5.41, 5.74) is 10.5. The van der Waals surface area contributed by atoms with Gasteiger partial charge in [-0.05, 0) is 118 Å². The SMILES string of the molecule is c1ccc2cc3c(cc2c1)oc1c(-c2ccc(-c4cccc5oc6ccccc6c45)c4ccccc24)cc(-c2ccc4ccc5cccc6ccc2c4c56)cc13. The molecule has 258 valence electrons. The third-order valence-electron chi connectivity index (χ3n) is 12.2. The standard InChI is InChI=1S/C54H30O2/c1-2-10-35-30-50-45(27-34(35)9-1)47-29-36(37-23-21-33-20-19-31-11-7-12-32-22-24-43(37)52(33)51(31)32)28-46(54(47)56-50)41-26-25-40(38-13-3-4-14-39(38)41)42-16-8-18-49-53(42)44-15-5-6-17-48(44)55-49/h1-30H. The van der Waals surface area contributed by atoms with Gasteiger partial charge in [0.25, 0.3) is 0 Å². The molecule has 0 aliphatic rings. The second kappa shape index (κ2) is 11.1. The van der Waals surface area contributed by atoms with Crippen molar-refractivity contribution in [2.45, 2.75) is 0 Å². The lowest BCUT2D eigenvalue weighted by atomic mass is 9.87. The fourth-order valence-electron chi connectivity index (χ4n) is 9.67. The van der Waals surface area contributed by atoms with Crippen LogP contribution in [0.4, 0.5) is 0 Å². The van der Waals surface area contributed by atoms with E-state index in [9.17, 15) is 0 Å². The molecule has 0 bridgehead atoms. The summed E-state index contributed by atoms with van der Waals surface area (Å²) in [6, 6.07) is 66.2. The quantitative estimate of drug-likeness (QED) is 0.171. The molecule has 0 saturated heterocycles. The number of rotatable bonds is 3. The highest BCUT2D eigenvalue weighted by Gasteiger charge is 2.21. The summed E-state index contributed by atoms with van der Waals surface area (Å²) >= 11 is 0. The van der Waals surface area contributed by atoms with Crippen LogP contribution >= 0.6 is 0 Å². The fourth-order valence-corrected chi connectivity index (χ4v) is 9.67. The number of hydrogen-bond acceptors (Lipinski definition) is 2. The Morgan fingerprint density at radius 1 is 0.250 bits per heavy atom. The Kier molecular flexibility index (Phi) is 5.92. The minimum Gasteiger partial charge on any atom is -0.456 e. The lowest BCUT2D eigenvalue weighted by Crippen LogP contribution is -1.90. The molecule has 0 fully saturated rings. The van der Waals surface area contributed by atoms with Gasteiger partial charge >= 0.3 is 0 Å². The van der Waals surface area contributed by atoms with E-state index < -0.39 is 0 Å². The van der Waals surface area contributed by atoms with Gasteiger partial charge in [-0.15, -0.1) is 0 Å². The zero-order valence-electron chi connectivity index (χ0n) is 30.1. The van der Waals surface area contributed by atoms with Crippen LogP contribution in [0.25, 0.3) is 131 Å². The molecule has 0 spiro atoms. The maximum Gasteiger partial charge on any atom is 0.143 e. The van der Waals surface area contributed by atoms with E-state index >= 15 is 0 Å². The van der Waals surface area contributed by atoms with Crippen molar-refractivity contribution in [3.63, 3.8) is 0 Å². The molecule has 0 saturated carbocycles. The first-order chi connectivity index (χ1) is 27.7. The van der Waals surface area contributed by atoms with E-state index in [1.165, 1.54) is 70.6 Å². The van der Waals surface area contributed by atoms with Gasteiger partial charge in [-0.1, -0.05) is 146 Å². The van der Waals surface area contributed by atoms with Crippen LogP contribution in [0, 0.1) is 0 Å². The second-order valence-electron chi connectivity index (χ2n) is 15.2. The molecular formula is C54H30O2. The molecule has 0 aliphatic carbocycles. The van der Waals surface area contributed by atoms with Crippen molar-refractivity contribution in [3.05, 3.63) is 182 Å². The first kappa shape index (κ1) is 30.0. The van der Waals surface area contributed by atoms with Crippen molar-refractivity contribution >= 4 is 97.7 Å². The third-order valence-corrected chi connectivity index (χ3v) is 12.2. The van der Waals surface area contributed by atoms with Gasteiger partial charge in [0.2, 0.25) is 0 Å². The van der Waals surface area contributed by atoms with Crippen molar-refractivity contribution in [3.8, 4) is 33.4 Å². The lowest BCUT2D eigenvalue weighted by Gasteiger charge is -2.16. The van der Waals surface area contributed by atoms with Crippen LogP contribution in [-0.4, -0.2) is 0 Å². The minimum atomic E-state index is 0.895. The highest BCUT2D eigenvalue weighted by molar-refractivity contribution is 6.26. The predicted octanol–water partition coefficient (Wildman–Crippen LogP) is 15.7. The second-order valence-corrected chi connectivity index (χ2v) is 15.2. The van der Waals surface area contributed by atoms with Crippen molar-refractivity contribution in [2.24, 2.45) is 0 Å². The molecule has 2 nitrogen and oxygen atoms in total. The van der Waals surface area contributed by atoms with E-state index in [1.807, 2.05) is 6.07 Å². The summed E-state index contributed by atoms with van der Waals surface area (Å²) < 4.78 is 13.3. The maximum atomic E-state index is 6.96. The van der Waals surface area contributed by atoms with Crippen LogP contribution in [0.3, 0.4) is 0 Å². The van der Waals surface area contributed by atoms with Crippen molar-refractivity contribution in [1.29, 1.82) is 0 Å². The van der Waals surface area contributed by atoms with Crippen LogP contribution in [0.1, 0.15) is 0 Å². The Labute approximate surface area is 320 Å². The number of hydrogen-bond donors (Lipinski definition) is 0. The Morgan fingerprint density at radius 3 is 1.68 bits per heavy atom. The zero-order chi connectivity index (χ0) is 36.5. The largest absolute Gasteiger partial charge is 0.456 e. The van der Waals surface area contributed by atoms with Crippen LogP contribution in [-0.2, 0) is 0 Å². The summed E-state index contributed by atoms with van der Waals surface area (Å²) in [5, 5.41) is 17.0. The van der Waals surface area contributed by atoms with Crippen molar-refractivity contribution in [2.75, 3.05) is 0 Å². The van der Waals surface area contributed by atoms with Gasteiger partial charge in [0.1, 0.15) is 22.3 Å². The number of furan rings is 2. The Balaban J connectivity index is 1.12. The van der Waals surface area contributed by atoms with Gasteiger partial charge in [0.15, 0.2) is 0 Å². The van der Waals surface area contributed by atoms with E-state index in [0.717, 1.165) is 60.6 Å². The normalized spacial score (nSPS) is 12.3. The first-order valence-corrected chi connectivity index (χ1v) is 19.2. The van der Waals surface area contributed by atoms with Crippen LogP contribution in [0.2, 0.25) is 0 Å². The van der Waals surface area contributed by atoms with E-state index in [4.69, 9.17) is 8.83 Å².